The van der Waals surface area contributed by atoms with Crippen molar-refractivity contribution in [2.45, 2.75) is 38.1 Å². The summed E-state index contributed by atoms with van der Waals surface area (Å²) in [7, 11) is 1.76. The van der Waals surface area contributed by atoms with Crippen molar-refractivity contribution in [3.05, 3.63) is 42.7 Å². The van der Waals surface area contributed by atoms with E-state index in [2.05, 4.69) is 43.3 Å². The topological polar surface area (TPSA) is 53.5 Å². The molecule has 2 heterocycles. The lowest BCUT2D eigenvalue weighted by atomic mass is 9.84. The van der Waals surface area contributed by atoms with E-state index in [0.29, 0.717) is 6.04 Å². The molecule has 1 N–H and O–H groups in total. The highest BCUT2D eigenvalue weighted by Crippen LogP contribution is 2.30. The molecule has 2 fully saturated rings. The predicted molar refractivity (Wildman–Crippen MR) is 118 cm³/mol. The maximum Gasteiger partial charge on any atom is 0.222 e. The summed E-state index contributed by atoms with van der Waals surface area (Å²) in [6, 6.07) is 10.7. The van der Waals surface area contributed by atoms with Crippen LogP contribution in [0, 0.1) is 5.92 Å². The second kappa shape index (κ2) is 9.92. The van der Waals surface area contributed by atoms with Crippen molar-refractivity contribution in [1.82, 2.24) is 14.9 Å². The Bertz CT molecular complexity index is 740. The molecule has 1 aromatic carbocycles. The number of nitrogens with one attached hydrogen (secondary N) is 1. The first-order chi connectivity index (χ1) is 14.3. The molecule has 29 heavy (non-hydrogen) atoms. The number of hydrogen-bond acceptors (Lipinski definition) is 6. The van der Waals surface area contributed by atoms with Gasteiger partial charge < -0.3 is 15.0 Å². The zero-order chi connectivity index (χ0) is 19.9. The van der Waals surface area contributed by atoms with Gasteiger partial charge in [0.15, 0.2) is 0 Å². The Labute approximate surface area is 174 Å². The van der Waals surface area contributed by atoms with E-state index in [1.54, 1.807) is 19.5 Å². The molecule has 0 bridgehead atoms. The van der Waals surface area contributed by atoms with Crippen LogP contribution in [0.25, 0.3) is 0 Å². The Morgan fingerprint density at radius 2 is 1.69 bits per heavy atom. The van der Waals surface area contributed by atoms with E-state index in [9.17, 15) is 0 Å². The molecule has 156 valence electrons. The third kappa shape index (κ3) is 5.38. The summed E-state index contributed by atoms with van der Waals surface area (Å²) < 4.78 is 5.53. The zero-order valence-corrected chi connectivity index (χ0v) is 17.5. The van der Waals surface area contributed by atoms with Gasteiger partial charge in [-0.25, -0.2) is 9.97 Å². The highest BCUT2D eigenvalue weighted by Gasteiger charge is 2.24. The molecule has 1 aliphatic heterocycles. The molecule has 6 heteroatoms. The number of hydrogen-bond donors (Lipinski definition) is 1. The van der Waals surface area contributed by atoms with Crippen molar-refractivity contribution in [3.8, 4) is 5.75 Å². The smallest absolute Gasteiger partial charge is 0.222 e. The lowest BCUT2D eigenvalue weighted by Crippen LogP contribution is -2.47. The summed E-state index contributed by atoms with van der Waals surface area (Å²) in [5.41, 5.74) is 1.22. The molecule has 6 nitrogen and oxygen atoms in total. The lowest BCUT2D eigenvalue weighted by molar-refractivity contribution is 0.218. The highest BCUT2D eigenvalue weighted by molar-refractivity contribution is 5.58. The second-order valence-electron chi connectivity index (χ2n) is 8.22. The molecule has 1 aromatic heterocycles. The van der Waals surface area contributed by atoms with Crippen LogP contribution in [0.4, 0.5) is 11.6 Å². The first-order valence-corrected chi connectivity index (χ1v) is 11.0. The summed E-state index contributed by atoms with van der Waals surface area (Å²) in [6.45, 7) is 5.66. The molecule has 0 radical (unpaired) electrons. The number of aromatic nitrogens is 2. The van der Waals surface area contributed by atoms with Crippen LogP contribution in [0.1, 0.15) is 32.1 Å². The van der Waals surface area contributed by atoms with Gasteiger partial charge in [-0.05, 0) is 62.8 Å². The van der Waals surface area contributed by atoms with Gasteiger partial charge in [0, 0.05) is 44.6 Å². The number of piperazine rings is 1. The Kier molecular flexibility index (Phi) is 6.83. The molecule has 0 unspecified atom stereocenters. The van der Waals surface area contributed by atoms with Crippen LogP contribution in [-0.2, 0) is 0 Å². The summed E-state index contributed by atoms with van der Waals surface area (Å²) in [4.78, 5) is 13.7. The van der Waals surface area contributed by atoms with Gasteiger partial charge >= 0.3 is 0 Å². The highest BCUT2D eigenvalue weighted by atomic mass is 16.5. The summed E-state index contributed by atoms with van der Waals surface area (Å²) in [6.07, 6.45) is 10.00. The average molecular weight is 396 g/mol. The normalized spacial score (nSPS) is 23.0. The van der Waals surface area contributed by atoms with E-state index in [1.807, 2.05) is 12.1 Å². The molecule has 4 rings (SSSR count). The van der Waals surface area contributed by atoms with E-state index >= 15 is 0 Å². The van der Waals surface area contributed by atoms with Crippen molar-refractivity contribution in [3.63, 3.8) is 0 Å². The molecule has 0 atom stereocenters. The molecular formula is C23H33N5O. The maximum atomic E-state index is 5.53. The number of nitrogens with zero attached hydrogens (tertiary/aromatic N) is 4. The maximum absolute atomic E-state index is 5.53. The molecule has 0 amide bonds. The molecule has 2 aromatic rings. The quantitative estimate of drug-likeness (QED) is 0.772. The third-order valence-corrected chi connectivity index (χ3v) is 6.40. The molecule has 1 aliphatic carbocycles. The standard InChI is InChI=1S/C23H33N5O/c1-29-22-6-3-2-5-21(22)28-17-15-27(16-18-28)14-11-19-7-9-20(10-8-19)26-23-24-12-4-13-25-23/h2-6,12-13,19-20H,7-11,14-18H2,1H3,(H,24,25,26)/t19-,20-. The summed E-state index contributed by atoms with van der Waals surface area (Å²) in [5.74, 6) is 2.60. The van der Waals surface area contributed by atoms with Crippen LogP contribution < -0.4 is 15.0 Å². The van der Waals surface area contributed by atoms with Gasteiger partial charge in [-0.3, -0.25) is 4.90 Å². The van der Waals surface area contributed by atoms with Crippen LogP contribution in [0.3, 0.4) is 0 Å². The predicted octanol–water partition coefficient (Wildman–Crippen LogP) is 3.67. The van der Waals surface area contributed by atoms with Gasteiger partial charge in [0.05, 0.1) is 12.8 Å². The fourth-order valence-electron chi connectivity index (χ4n) is 4.62. The largest absolute Gasteiger partial charge is 0.495 e. The van der Waals surface area contributed by atoms with Gasteiger partial charge in [-0.2, -0.15) is 0 Å². The Morgan fingerprint density at radius 3 is 2.41 bits per heavy atom. The van der Waals surface area contributed by atoms with E-state index < -0.39 is 0 Å². The first-order valence-electron chi connectivity index (χ1n) is 11.0. The van der Waals surface area contributed by atoms with Crippen molar-refractivity contribution < 1.29 is 4.74 Å². The van der Waals surface area contributed by atoms with Gasteiger partial charge in [0.2, 0.25) is 5.95 Å². The van der Waals surface area contributed by atoms with Crippen LogP contribution in [-0.4, -0.2) is 60.7 Å². The molecular weight excluding hydrogens is 362 g/mol. The van der Waals surface area contributed by atoms with E-state index in [1.165, 1.54) is 44.3 Å². The lowest BCUT2D eigenvalue weighted by Gasteiger charge is -2.37. The number of methoxy groups -OCH3 is 1. The Hall–Kier alpha value is -2.34. The third-order valence-electron chi connectivity index (χ3n) is 6.40. The van der Waals surface area contributed by atoms with Crippen molar-refractivity contribution in [1.29, 1.82) is 0 Å². The van der Waals surface area contributed by atoms with Crippen molar-refractivity contribution >= 4 is 11.6 Å². The minimum Gasteiger partial charge on any atom is -0.495 e. The van der Waals surface area contributed by atoms with Crippen LogP contribution in [0.2, 0.25) is 0 Å². The van der Waals surface area contributed by atoms with E-state index in [-0.39, 0.29) is 0 Å². The Morgan fingerprint density at radius 1 is 0.966 bits per heavy atom. The first kappa shape index (κ1) is 20.0. The number of para-hydroxylation sites is 2. The minimum atomic E-state index is 0.526. The SMILES string of the molecule is COc1ccccc1N1CCN(CC[C@H]2CC[C@H](Nc3ncccn3)CC2)CC1. The van der Waals surface area contributed by atoms with Crippen LogP contribution in [0.15, 0.2) is 42.7 Å². The number of ether oxygens (including phenoxy) is 1. The van der Waals surface area contributed by atoms with Crippen LogP contribution >= 0.6 is 0 Å². The molecule has 1 saturated heterocycles. The average Bonchev–Trinajstić information content (AvgIpc) is 2.80. The van der Waals surface area contributed by atoms with Crippen molar-refractivity contribution in [2.24, 2.45) is 5.92 Å². The number of anilines is 2. The van der Waals surface area contributed by atoms with E-state index in [0.717, 1.165) is 43.8 Å². The molecule has 0 spiro atoms. The van der Waals surface area contributed by atoms with Gasteiger partial charge in [0.1, 0.15) is 5.75 Å². The van der Waals surface area contributed by atoms with Crippen LogP contribution in [0.5, 0.6) is 5.75 Å². The van der Waals surface area contributed by atoms with E-state index in [4.69, 9.17) is 4.74 Å². The minimum absolute atomic E-state index is 0.526. The number of rotatable bonds is 7. The Balaban J connectivity index is 1.16. The van der Waals surface area contributed by atoms with Gasteiger partial charge in [-0.15, -0.1) is 0 Å². The number of benzene rings is 1. The summed E-state index contributed by atoms with van der Waals surface area (Å²) in [5, 5.41) is 3.49. The summed E-state index contributed by atoms with van der Waals surface area (Å²) >= 11 is 0. The second-order valence-corrected chi connectivity index (χ2v) is 8.22. The molecule has 2 aliphatic rings. The van der Waals surface area contributed by atoms with Gasteiger partial charge in [-0.1, -0.05) is 12.1 Å². The zero-order valence-electron chi connectivity index (χ0n) is 17.5. The van der Waals surface area contributed by atoms with Gasteiger partial charge in [0.25, 0.3) is 0 Å². The monoisotopic (exact) mass is 395 g/mol. The fourth-order valence-corrected chi connectivity index (χ4v) is 4.62. The molecule has 1 saturated carbocycles. The van der Waals surface area contributed by atoms with Crippen molar-refractivity contribution in [2.75, 3.05) is 50.1 Å². The fraction of sp³-hybridized carbons (Fsp3) is 0.565.